The molecule has 2 aliphatic rings. The summed E-state index contributed by atoms with van der Waals surface area (Å²) in [6.45, 7) is 3.59. The van der Waals surface area contributed by atoms with Crippen molar-refractivity contribution in [2.24, 2.45) is 5.92 Å². The minimum atomic E-state index is -0.843. The minimum absolute atomic E-state index is 0.0698. The molecule has 0 unspecified atom stereocenters. The van der Waals surface area contributed by atoms with Crippen molar-refractivity contribution >= 4 is 17.8 Å². The van der Waals surface area contributed by atoms with E-state index in [-0.39, 0.29) is 36.1 Å². The third-order valence-corrected chi connectivity index (χ3v) is 5.99. The number of hydrogen-bond donors (Lipinski definition) is 2. The van der Waals surface area contributed by atoms with Gasteiger partial charge in [0.1, 0.15) is 17.9 Å². The van der Waals surface area contributed by atoms with E-state index in [0.717, 1.165) is 29.7 Å². The van der Waals surface area contributed by atoms with Gasteiger partial charge in [0.05, 0.1) is 0 Å². The largest absolute Gasteiger partial charge is 0.352 e. The smallest absolute Gasteiger partial charge is 0.325 e. The number of carbonyl (C=O) groups is 3. The van der Waals surface area contributed by atoms with Crippen molar-refractivity contribution in [3.63, 3.8) is 0 Å². The topological polar surface area (TPSA) is 78.5 Å². The van der Waals surface area contributed by atoms with Gasteiger partial charge in [0.25, 0.3) is 5.91 Å². The molecule has 0 bridgehead atoms. The Balaban J connectivity index is 1.52. The molecular formula is C21H28FN3O3. The lowest BCUT2D eigenvalue weighted by atomic mass is 9.73. The summed E-state index contributed by atoms with van der Waals surface area (Å²) in [5, 5.41) is 5.70. The molecule has 1 saturated heterocycles. The number of amides is 4. The zero-order valence-corrected chi connectivity index (χ0v) is 16.5. The molecule has 6 nitrogen and oxygen atoms in total. The van der Waals surface area contributed by atoms with Crippen molar-refractivity contribution in [2.75, 3.05) is 6.54 Å². The van der Waals surface area contributed by atoms with Gasteiger partial charge in [-0.15, -0.1) is 0 Å². The van der Waals surface area contributed by atoms with Gasteiger partial charge in [-0.25, -0.2) is 9.18 Å². The normalized spacial score (nSPS) is 25.7. The van der Waals surface area contributed by atoms with E-state index >= 15 is 0 Å². The first-order valence-electron chi connectivity index (χ1n) is 10.00. The molecule has 1 aromatic rings. The van der Waals surface area contributed by atoms with E-state index in [0.29, 0.717) is 19.3 Å². The number of halogens is 1. The summed E-state index contributed by atoms with van der Waals surface area (Å²) >= 11 is 0. The van der Waals surface area contributed by atoms with E-state index < -0.39 is 11.6 Å². The number of rotatable bonds is 6. The highest BCUT2D eigenvalue weighted by molar-refractivity contribution is 6.09. The lowest BCUT2D eigenvalue weighted by Gasteiger charge is -2.36. The molecule has 1 aliphatic heterocycles. The molecule has 1 heterocycles. The molecule has 1 spiro atoms. The Morgan fingerprint density at radius 2 is 2.04 bits per heavy atom. The molecule has 3 atom stereocenters. The molecule has 3 rings (SSSR count). The van der Waals surface area contributed by atoms with Crippen LogP contribution in [0.5, 0.6) is 0 Å². The predicted octanol–water partition coefficient (Wildman–Crippen LogP) is 2.76. The van der Waals surface area contributed by atoms with Gasteiger partial charge in [-0.2, -0.15) is 0 Å². The average Bonchev–Trinajstić information content (AvgIpc) is 2.89. The van der Waals surface area contributed by atoms with E-state index in [4.69, 9.17) is 0 Å². The molecule has 2 fully saturated rings. The summed E-state index contributed by atoms with van der Waals surface area (Å²) in [4.78, 5) is 38.7. The van der Waals surface area contributed by atoms with Crippen LogP contribution >= 0.6 is 0 Å². The average molecular weight is 389 g/mol. The molecule has 4 amide bonds. The number of carbonyl (C=O) groups excluding carboxylic acids is 3. The van der Waals surface area contributed by atoms with Gasteiger partial charge in [0.15, 0.2) is 0 Å². The number of aryl methyl sites for hydroxylation is 1. The second-order valence-electron chi connectivity index (χ2n) is 8.07. The van der Waals surface area contributed by atoms with Crippen LogP contribution in [0.15, 0.2) is 24.3 Å². The van der Waals surface area contributed by atoms with E-state index in [1.807, 2.05) is 13.8 Å². The van der Waals surface area contributed by atoms with Gasteiger partial charge < -0.3 is 10.6 Å². The molecule has 2 N–H and O–H groups in total. The van der Waals surface area contributed by atoms with Crippen LogP contribution in [-0.4, -0.2) is 40.9 Å². The van der Waals surface area contributed by atoms with Crippen molar-refractivity contribution in [2.45, 2.75) is 64.0 Å². The van der Waals surface area contributed by atoms with Crippen LogP contribution in [0.25, 0.3) is 0 Å². The molecule has 1 saturated carbocycles. The molecular weight excluding hydrogens is 361 g/mol. The zero-order chi connectivity index (χ0) is 20.3. The van der Waals surface area contributed by atoms with Crippen LogP contribution in [0, 0.1) is 11.7 Å². The molecule has 7 heteroatoms. The third kappa shape index (κ3) is 4.18. The van der Waals surface area contributed by atoms with E-state index in [9.17, 15) is 18.8 Å². The van der Waals surface area contributed by atoms with Gasteiger partial charge >= 0.3 is 6.03 Å². The first-order chi connectivity index (χ1) is 13.3. The summed E-state index contributed by atoms with van der Waals surface area (Å²) in [6, 6.07) is 5.68. The fourth-order valence-corrected chi connectivity index (χ4v) is 4.21. The van der Waals surface area contributed by atoms with Gasteiger partial charge in [0.2, 0.25) is 5.91 Å². The maximum Gasteiger partial charge on any atom is 0.325 e. The maximum absolute atomic E-state index is 12.9. The quantitative estimate of drug-likeness (QED) is 0.735. The lowest BCUT2D eigenvalue weighted by molar-refractivity contribution is -0.137. The molecule has 152 valence electrons. The summed E-state index contributed by atoms with van der Waals surface area (Å²) in [7, 11) is 0. The van der Waals surface area contributed by atoms with Crippen molar-refractivity contribution in [1.29, 1.82) is 0 Å². The summed E-state index contributed by atoms with van der Waals surface area (Å²) in [6.07, 6.45) is 4.86. The monoisotopic (exact) mass is 389 g/mol. The van der Waals surface area contributed by atoms with E-state index in [1.165, 1.54) is 12.1 Å². The van der Waals surface area contributed by atoms with Crippen molar-refractivity contribution in [3.05, 3.63) is 35.6 Å². The SMILES string of the molecule is C[C@H](CCc1ccc(F)cc1)NC(=O)CN1C(=O)N[C@]2(CCCC[C@@H]2C)C1=O. The first-order valence-corrected chi connectivity index (χ1v) is 10.00. The van der Waals surface area contributed by atoms with Gasteiger partial charge in [-0.3, -0.25) is 14.5 Å². The van der Waals surface area contributed by atoms with E-state index in [1.54, 1.807) is 12.1 Å². The highest BCUT2D eigenvalue weighted by Gasteiger charge is 2.55. The van der Waals surface area contributed by atoms with Gasteiger partial charge in [0, 0.05) is 6.04 Å². The number of urea groups is 1. The fraction of sp³-hybridized carbons (Fsp3) is 0.571. The zero-order valence-electron chi connectivity index (χ0n) is 16.5. The van der Waals surface area contributed by atoms with Crippen molar-refractivity contribution < 1.29 is 18.8 Å². The molecule has 0 radical (unpaired) electrons. The van der Waals surface area contributed by atoms with Crippen LogP contribution in [0.4, 0.5) is 9.18 Å². The Bertz CT molecular complexity index is 752. The fourth-order valence-electron chi connectivity index (χ4n) is 4.21. The van der Waals surface area contributed by atoms with Crippen LogP contribution in [0.1, 0.15) is 51.5 Å². The Morgan fingerprint density at radius 3 is 2.71 bits per heavy atom. The van der Waals surface area contributed by atoms with Crippen LogP contribution in [0.2, 0.25) is 0 Å². The van der Waals surface area contributed by atoms with Gasteiger partial charge in [-0.1, -0.05) is 31.9 Å². The number of nitrogens with zero attached hydrogens (tertiary/aromatic N) is 1. The van der Waals surface area contributed by atoms with Crippen LogP contribution < -0.4 is 10.6 Å². The Morgan fingerprint density at radius 1 is 1.32 bits per heavy atom. The summed E-state index contributed by atoms with van der Waals surface area (Å²) in [5.41, 5.74) is 0.147. The molecule has 1 aromatic carbocycles. The van der Waals surface area contributed by atoms with Crippen molar-refractivity contribution in [3.8, 4) is 0 Å². The second kappa shape index (κ2) is 8.29. The Labute approximate surface area is 164 Å². The number of hydrogen-bond acceptors (Lipinski definition) is 3. The van der Waals surface area contributed by atoms with Crippen molar-refractivity contribution in [1.82, 2.24) is 15.5 Å². The van der Waals surface area contributed by atoms with E-state index in [2.05, 4.69) is 10.6 Å². The van der Waals surface area contributed by atoms with Crippen LogP contribution in [0.3, 0.4) is 0 Å². The summed E-state index contributed by atoms with van der Waals surface area (Å²) in [5.74, 6) is -0.835. The highest BCUT2D eigenvalue weighted by atomic mass is 19.1. The maximum atomic E-state index is 12.9. The predicted molar refractivity (Wildman–Crippen MR) is 103 cm³/mol. The molecule has 0 aromatic heterocycles. The summed E-state index contributed by atoms with van der Waals surface area (Å²) < 4.78 is 12.9. The number of imide groups is 1. The first kappa shape index (κ1) is 20.3. The molecule has 1 aliphatic carbocycles. The standard InChI is InChI=1S/C21H28FN3O3/c1-14-5-3-4-12-21(14)19(27)25(20(28)24-21)13-18(26)23-15(2)6-7-16-8-10-17(22)11-9-16/h8-11,14-15H,3-7,12-13H2,1-2H3,(H,23,26)(H,24,28)/t14-,15+,21-/m0/s1. The minimum Gasteiger partial charge on any atom is -0.352 e. The lowest BCUT2D eigenvalue weighted by Crippen LogP contribution is -2.54. The Kier molecular flexibility index (Phi) is 6.01. The highest BCUT2D eigenvalue weighted by Crippen LogP contribution is 2.38. The second-order valence-corrected chi connectivity index (χ2v) is 8.07. The Hall–Kier alpha value is -2.44. The number of benzene rings is 1. The van der Waals surface area contributed by atoms with Gasteiger partial charge in [-0.05, 0) is 56.2 Å². The third-order valence-electron chi connectivity index (χ3n) is 5.99. The van der Waals surface area contributed by atoms with Crippen LogP contribution in [-0.2, 0) is 16.0 Å². The number of nitrogens with one attached hydrogen (secondary N) is 2. The molecule has 28 heavy (non-hydrogen) atoms.